The number of carbonyl (C=O) groups is 1. The van der Waals surface area contributed by atoms with Crippen LogP contribution >= 0.6 is 0 Å². The van der Waals surface area contributed by atoms with Crippen LogP contribution in [0.4, 0.5) is 4.79 Å². The smallest absolute Gasteiger partial charge is 0.430 e. The second-order valence-corrected chi connectivity index (χ2v) is 8.60. The van der Waals surface area contributed by atoms with Crippen LogP contribution in [0.1, 0.15) is 52.9 Å². The summed E-state index contributed by atoms with van der Waals surface area (Å²) in [5.41, 5.74) is 0.261. The third-order valence-electron chi connectivity index (χ3n) is 6.92. The fourth-order valence-electron chi connectivity index (χ4n) is 5.66. The van der Waals surface area contributed by atoms with E-state index >= 15 is 0 Å². The Morgan fingerprint density at radius 3 is 2.50 bits per heavy atom. The maximum absolute atomic E-state index is 12.0. The van der Waals surface area contributed by atoms with E-state index in [1.54, 1.807) is 0 Å². The molecule has 134 valence electrons. The summed E-state index contributed by atoms with van der Waals surface area (Å²) in [6.07, 6.45) is 6.47. The molecule has 5 nitrogen and oxygen atoms in total. The van der Waals surface area contributed by atoms with Crippen LogP contribution in [0.5, 0.6) is 0 Å². The number of carbonyl (C=O) groups excluding carboxylic acids is 1. The van der Waals surface area contributed by atoms with Crippen molar-refractivity contribution in [3.8, 4) is 0 Å². The van der Waals surface area contributed by atoms with Crippen LogP contribution in [-0.4, -0.2) is 37.9 Å². The molecule has 0 N–H and O–H groups in total. The van der Waals surface area contributed by atoms with E-state index in [4.69, 9.17) is 18.9 Å². The van der Waals surface area contributed by atoms with Crippen molar-refractivity contribution in [1.29, 1.82) is 0 Å². The fraction of sp³-hybridized carbons (Fsp3) is 0.842. The summed E-state index contributed by atoms with van der Waals surface area (Å²) < 4.78 is 23.0. The summed E-state index contributed by atoms with van der Waals surface area (Å²) >= 11 is 0. The molecule has 0 bridgehead atoms. The minimum atomic E-state index is -0.757. The summed E-state index contributed by atoms with van der Waals surface area (Å²) in [5, 5.41) is 0. The lowest BCUT2D eigenvalue weighted by atomic mass is 9.47. The number of hydrogen-bond donors (Lipinski definition) is 0. The predicted molar refractivity (Wildman–Crippen MR) is 87.4 cm³/mol. The first-order chi connectivity index (χ1) is 11.4. The number of rotatable bonds is 1. The fourth-order valence-corrected chi connectivity index (χ4v) is 5.66. The van der Waals surface area contributed by atoms with Gasteiger partial charge in [0.25, 0.3) is 0 Å². The first-order valence-electron chi connectivity index (χ1n) is 9.19. The van der Waals surface area contributed by atoms with E-state index in [1.807, 2.05) is 0 Å². The van der Waals surface area contributed by atoms with Crippen molar-refractivity contribution in [2.45, 2.75) is 64.8 Å². The topological polar surface area (TPSA) is 54.0 Å². The monoisotopic (exact) mass is 336 g/mol. The Labute approximate surface area is 143 Å². The standard InChI is InChI=1S/C19H28O5/c1-17(2)8-4-9-18(3)14(17)7-6-13(15-21-10-5-11-22-15)19(18)12-23-16(20)24-19/h6,14-15H,4-5,7-12H2,1-3H3. The molecule has 3 fully saturated rings. The molecule has 1 saturated carbocycles. The Morgan fingerprint density at radius 1 is 1.08 bits per heavy atom. The van der Waals surface area contributed by atoms with Crippen LogP contribution in [0.3, 0.4) is 0 Å². The molecule has 0 aromatic heterocycles. The minimum absolute atomic E-state index is 0.158. The number of fused-ring (bicyclic) bond motifs is 2. The quantitative estimate of drug-likeness (QED) is 0.538. The summed E-state index contributed by atoms with van der Waals surface area (Å²) in [4.78, 5) is 12.0. The lowest BCUT2D eigenvalue weighted by Crippen LogP contribution is -2.62. The summed E-state index contributed by atoms with van der Waals surface area (Å²) in [7, 11) is 0. The highest BCUT2D eigenvalue weighted by Gasteiger charge is 2.67. The average Bonchev–Trinajstić information content (AvgIpc) is 2.93. The highest BCUT2D eigenvalue weighted by atomic mass is 16.8. The molecular formula is C19H28O5. The summed E-state index contributed by atoms with van der Waals surface area (Å²) in [5.74, 6) is 0.445. The molecule has 5 heteroatoms. The third-order valence-corrected chi connectivity index (χ3v) is 6.92. The molecule has 0 radical (unpaired) electrons. The molecule has 0 aromatic carbocycles. The van der Waals surface area contributed by atoms with Crippen molar-refractivity contribution in [3.05, 3.63) is 11.6 Å². The van der Waals surface area contributed by atoms with Gasteiger partial charge in [-0.05, 0) is 37.0 Å². The van der Waals surface area contributed by atoms with Crippen molar-refractivity contribution in [2.75, 3.05) is 19.8 Å². The van der Waals surface area contributed by atoms with Gasteiger partial charge < -0.3 is 18.9 Å². The van der Waals surface area contributed by atoms with Gasteiger partial charge in [0.15, 0.2) is 11.9 Å². The molecule has 2 heterocycles. The zero-order chi connectivity index (χ0) is 17.0. The maximum atomic E-state index is 12.0. The second kappa shape index (κ2) is 5.46. The number of hydrogen-bond acceptors (Lipinski definition) is 5. The predicted octanol–water partition coefficient (Wildman–Crippen LogP) is 3.82. The number of allylic oxidation sites excluding steroid dienone is 1. The van der Waals surface area contributed by atoms with Crippen molar-refractivity contribution in [3.63, 3.8) is 0 Å². The van der Waals surface area contributed by atoms with E-state index in [9.17, 15) is 4.79 Å². The zero-order valence-corrected chi connectivity index (χ0v) is 14.9. The van der Waals surface area contributed by atoms with Crippen molar-refractivity contribution in [2.24, 2.45) is 16.7 Å². The Balaban J connectivity index is 1.79. The third kappa shape index (κ3) is 2.17. The molecule has 0 amide bonds. The summed E-state index contributed by atoms with van der Waals surface area (Å²) in [6, 6.07) is 0. The molecule has 4 aliphatic rings. The van der Waals surface area contributed by atoms with Gasteiger partial charge in [-0.3, -0.25) is 0 Å². The summed E-state index contributed by atoms with van der Waals surface area (Å²) in [6.45, 7) is 8.58. The largest absolute Gasteiger partial charge is 0.509 e. The van der Waals surface area contributed by atoms with Gasteiger partial charge in [0.1, 0.15) is 6.61 Å². The van der Waals surface area contributed by atoms with Gasteiger partial charge in [-0.2, -0.15) is 0 Å². The van der Waals surface area contributed by atoms with E-state index in [0.29, 0.717) is 19.1 Å². The van der Waals surface area contributed by atoms with Gasteiger partial charge in [0.2, 0.25) is 0 Å². The van der Waals surface area contributed by atoms with Crippen LogP contribution in [0.25, 0.3) is 0 Å². The van der Waals surface area contributed by atoms with E-state index < -0.39 is 18.0 Å². The minimum Gasteiger partial charge on any atom is -0.430 e. The van der Waals surface area contributed by atoms with Crippen LogP contribution in [0.2, 0.25) is 0 Å². The second-order valence-electron chi connectivity index (χ2n) is 8.60. The number of cyclic esters (lactones) is 1. The normalized spacial score (nSPS) is 42.2. The van der Waals surface area contributed by atoms with Crippen LogP contribution in [0, 0.1) is 16.7 Å². The zero-order valence-electron chi connectivity index (χ0n) is 14.9. The Bertz CT molecular complexity index is 562. The molecule has 4 rings (SSSR count). The first kappa shape index (κ1) is 16.4. The van der Waals surface area contributed by atoms with Crippen LogP contribution in [0.15, 0.2) is 11.6 Å². The van der Waals surface area contributed by atoms with Gasteiger partial charge in [0, 0.05) is 11.0 Å². The molecule has 2 aliphatic heterocycles. The molecule has 2 saturated heterocycles. The van der Waals surface area contributed by atoms with E-state index in [-0.39, 0.29) is 17.4 Å². The molecule has 0 aromatic rings. The lowest BCUT2D eigenvalue weighted by Gasteiger charge is -2.59. The highest BCUT2D eigenvalue weighted by Crippen LogP contribution is 2.63. The average molecular weight is 336 g/mol. The number of ether oxygens (including phenoxy) is 4. The highest BCUT2D eigenvalue weighted by molar-refractivity contribution is 5.65. The van der Waals surface area contributed by atoms with E-state index in [1.165, 1.54) is 6.42 Å². The van der Waals surface area contributed by atoms with Crippen molar-refractivity contribution < 1.29 is 23.7 Å². The Kier molecular flexibility index (Phi) is 3.73. The lowest BCUT2D eigenvalue weighted by molar-refractivity contribution is -0.194. The Morgan fingerprint density at radius 2 is 1.83 bits per heavy atom. The molecule has 2 aliphatic carbocycles. The maximum Gasteiger partial charge on any atom is 0.509 e. The van der Waals surface area contributed by atoms with Crippen LogP contribution < -0.4 is 0 Å². The van der Waals surface area contributed by atoms with Crippen molar-refractivity contribution >= 4 is 6.16 Å². The van der Waals surface area contributed by atoms with E-state index in [2.05, 4.69) is 26.8 Å². The first-order valence-corrected chi connectivity index (χ1v) is 9.19. The molecule has 24 heavy (non-hydrogen) atoms. The molecular weight excluding hydrogens is 308 g/mol. The molecule has 3 atom stereocenters. The van der Waals surface area contributed by atoms with Gasteiger partial charge in [-0.15, -0.1) is 0 Å². The van der Waals surface area contributed by atoms with Crippen LogP contribution in [-0.2, 0) is 18.9 Å². The van der Waals surface area contributed by atoms with Gasteiger partial charge in [-0.1, -0.05) is 33.3 Å². The van der Waals surface area contributed by atoms with Gasteiger partial charge >= 0.3 is 6.16 Å². The van der Waals surface area contributed by atoms with Gasteiger partial charge in [0.05, 0.1) is 13.2 Å². The van der Waals surface area contributed by atoms with E-state index in [0.717, 1.165) is 31.3 Å². The molecule has 1 spiro atoms. The van der Waals surface area contributed by atoms with Crippen molar-refractivity contribution in [1.82, 2.24) is 0 Å². The molecule has 3 unspecified atom stereocenters. The Hall–Kier alpha value is -1.07. The SMILES string of the molecule is CC1(C)CCCC2(C)C1CC=C(C1OCCCO1)C21COC(=O)O1. The van der Waals surface area contributed by atoms with Gasteiger partial charge in [-0.25, -0.2) is 4.79 Å².